The van der Waals surface area contributed by atoms with E-state index in [0.717, 1.165) is 17.0 Å². The molecule has 0 bridgehead atoms. The van der Waals surface area contributed by atoms with Crippen LogP contribution >= 0.6 is 11.6 Å². The lowest BCUT2D eigenvalue weighted by molar-refractivity contribution is 0.248. The van der Waals surface area contributed by atoms with E-state index in [1.54, 1.807) is 7.11 Å². The number of ether oxygens (including phenoxy) is 2. The van der Waals surface area contributed by atoms with Gasteiger partial charge < -0.3 is 14.0 Å². The van der Waals surface area contributed by atoms with Crippen LogP contribution in [0, 0.1) is 0 Å². The van der Waals surface area contributed by atoms with Crippen molar-refractivity contribution in [3.8, 4) is 22.8 Å². The van der Waals surface area contributed by atoms with Crippen molar-refractivity contribution in [3.05, 3.63) is 65.4 Å². The molecule has 0 saturated heterocycles. The van der Waals surface area contributed by atoms with Crippen LogP contribution < -0.4 is 9.47 Å². The van der Waals surface area contributed by atoms with E-state index in [1.165, 1.54) is 0 Å². The van der Waals surface area contributed by atoms with E-state index in [9.17, 15) is 0 Å². The molecule has 0 spiro atoms. The molecule has 0 saturated carbocycles. The van der Waals surface area contributed by atoms with Gasteiger partial charge in [-0.15, -0.1) is 0 Å². The molecule has 0 aliphatic carbocycles. The predicted molar refractivity (Wildman–Crippen MR) is 84.3 cm³/mol. The van der Waals surface area contributed by atoms with Crippen molar-refractivity contribution in [2.45, 2.75) is 6.61 Å². The lowest BCUT2D eigenvalue weighted by atomic mass is 10.1. The van der Waals surface area contributed by atoms with Crippen molar-refractivity contribution in [1.29, 1.82) is 0 Å². The minimum Gasteiger partial charge on any atom is -0.497 e. The Bertz CT molecular complexity index is 753. The molecule has 22 heavy (non-hydrogen) atoms. The molecule has 3 aromatic rings. The number of methoxy groups -OCH3 is 1. The van der Waals surface area contributed by atoms with Gasteiger partial charge in [0, 0.05) is 22.7 Å². The smallest absolute Gasteiger partial charge is 0.174 e. The van der Waals surface area contributed by atoms with Gasteiger partial charge in [0.25, 0.3) is 0 Å². The van der Waals surface area contributed by atoms with E-state index in [-0.39, 0.29) is 0 Å². The van der Waals surface area contributed by atoms with Gasteiger partial charge >= 0.3 is 0 Å². The zero-order chi connectivity index (χ0) is 15.4. The van der Waals surface area contributed by atoms with Gasteiger partial charge in [-0.05, 0) is 24.3 Å². The predicted octanol–water partition coefficient (Wildman–Crippen LogP) is 4.58. The molecule has 0 amide bonds. The highest BCUT2D eigenvalue weighted by molar-refractivity contribution is 6.30. The Morgan fingerprint density at radius 2 is 1.82 bits per heavy atom. The molecule has 0 unspecified atom stereocenters. The third kappa shape index (κ3) is 3.40. The van der Waals surface area contributed by atoms with Crippen molar-refractivity contribution in [2.75, 3.05) is 7.11 Å². The molecule has 1 aromatic heterocycles. The average Bonchev–Trinajstić information content (AvgIpc) is 3.03. The van der Waals surface area contributed by atoms with Gasteiger partial charge in [-0.25, -0.2) is 0 Å². The summed E-state index contributed by atoms with van der Waals surface area (Å²) < 4.78 is 16.1. The highest BCUT2D eigenvalue weighted by Gasteiger charge is 2.07. The first-order valence-corrected chi connectivity index (χ1v) is 7.11. The summed E-state index contributed by atoms with van der Waals surface area (Å²) in [6.07, 6.45) is 0. The number of nitrogens with zero attached hydrogens (tertiary/aromatic N) is 1. The Balaban J connectivity index is 1.67. The summed E-state index contributed by atoms with van der Waals surface area (Å²) in [7, 11) is 1.62. The van der Waals surface area contributed by atoms with Gasteiger partial charge in [0.15, 0.2) is 5.76 Å². The fraction of sp³-hybridized carbons (Fsp3) is 0.118. The molecule has 3 rings (SSSR count). The standard InChI is InChI=1S/C17H14ClNO3/c1-20-14-3-2-4-15(9-14)21-11-16-10-17(19-22-16)12-5-7-13(18)8-6-12/h2-10H,11H2,1H3. The lowest BCUT2D eigenvalue weighted by Gasteiger charge is -2.05. The van der Waals surface area contributed by atoms with Crippen LogP contribution in [0.2, 0.25) is 5.02 Å². The topological polar surface area (TPSA) is 44.5 Å². The summed E-state index contributed by atoms with van der Waals surface area (Å²) in [4.78, 5) is 0. The molecule has 0 radical (unpaired) electrons. The van der Waals surface area contributed by atoms with Gasteiger partial charge in [0.1, 0.15) is 23.8 Å². The van der Waals surface area contributed by atoms with Crippen LogP contribution in [0.25, 0.3) is 11.3 Å². The first-order chi connectivity index (χ1) is 10.7. The number of halogens is 1. The molecule has 2 aromatic carbocycles. The summed E-state index contributed by atoms with van der Waals surface area (Å²) in [5.41, 5.74) is 1.70. The second kappa shape index (κ2) is 6.54. The second-order valence-electron chi connectivity index (χ2n) is 4.65. The van der Waals surface area contributed by atoms with Gasteiger partial charge in [0.2, 0.25) is 0 Å². The van der Waals surface area contributed by atoms with E-state index in [4.69, 9.17) is 25.6 Å². The average molecular weight is 316 g/mol. The van der Waals surface area contributed by atoms with Crippen LogP contribution in [0.15, 0.2) is 59.1 Å². The monoisotopic (exact) mass is 315 g/mol. The molecule has 112 valence electrons. The summed E-state index contributed by atoms with van der Waals surface area (Å²) in [6.45, 7) is 0.299. The molecular formula is C17H14ClNO3. The van der Waals surface area contributed by atoms with E-state index in [2.05, 4.69) is 5.16 Å². The number of hydrogen-bond acceptors (Lipinski definition) is 4. The van der Waals surface area contributed by atoms with Crippen LogP contribution in [0.4, 0.5) is 0 Å². The van der Waals surface area contributed by atoms with Crippen molar-refractivity contribution in [1.82, 2.24) is 5.16 Å². The number of hydrogen-bond donors (Lipinski definition) is 0. The minimum absolute atomic E-state index is 0.299. The highest BCUT2D eigenvalue weighted by Crippen LogP contribution is 2.23. The Hall–Kier alpha value is -2.46. The molecule has 5 heteroatoms. The molecule has 0 atom stereocenters. The molecule has 1 heterocycles. The van der Waals surface area contributed by atoms with E-state index >= 15 is 0 Å². The Labute approximate surface area is 133 Å². The molecule has 0 N–H and O–H groups in total. The molecule has 0 aliphatic heterocycles. The molecule has 0 fully saturated rings. The first-order valence-electron chi connectivity index (χ1n) is 6.73. The van der Waals surface area contributed by atoms with Crippen LogP contribution in [0.3, 0.4) is 0 Å². The van der Waals surface area contributed by atoms with Gasteiger partial charge in [-0.1, -0.05) is 35.0 Å². The van der Waals surface area contributed by atoms with E-state index < -0.39 is 0 Å². The summed E-state index contributed by atoms with van der Waals surface area (Å²) >= 11 is 5.87. The summed E-state index contributed by atoms with van der Waals surface area (Å²) in [6, 6.07) is 16.7. The Kier molecular flexibility index (Phi) is 4.30. The maximum Gasteiger partial charge on any atom is 0.174 e. The highest BCUT2D eigenvalue weighted by atomic mass is 35.5. The molecular weight excluding hydrogens is 302 g/mol. The molecule has 0 aliphatic rings. The Morgan fingerprint density at radius 3 is 2.59 bits per heavy atom. The van der Waals surface area contributed by atoms with Gasteiger partial charge in [-0.2, -0.15) is 0 Å². The minimum atomic E-state index is 0.299. The zero-order valence-electron chi connectivity index (χ0n) is 12.0. The number of aromatic nitrogens is 1. The van der Waals surface area contributed by atoms with E-state index in [0.29, 0.717) is 23.1 Å². The quantitative estimate of drug-likeness (QED) is 0.691. The third-order valence-electron chi connectivity index (χ3n) is 3.12. The fourth-order valence-electron chi connectivity index (χ4n) is 1.98. The lowest BCUT2D eigenvalue weighted by Crippen LogP contribution is -1.94. The van der Waals surface area contributed by atoms with Gasteiger partial charge in [0.05, 0.1) is 7.11 Å². The van der Waals surface area contributed by atoms with Crippen LogP contribution in [-0.4, -0.2) is 12.3 Å². The summed E-state index contributed by atoms with van der Waals surface area (Å²) in [5, 5.41) is 4.73. The second-order valence-corrected chi connectivity index (χ2v) is 5.09. The summed E-state index contributed by atoms with van der Waals surface area (Å²) in [5.74, 6) is 2.11. The van der Waals surface area contributed by atoms with Crippen LogP contribution in [0.1, 0.15) is 5.76 Å². The number of rotatable bonds is 5. The largest absolute Gasteiger partial charge is 0.497 e. The normalized spacial score (nSPS) is 10.5. The van der Waals surface area contributed by atoms with Crippen LogP contribution in [-0.2, 0) is 6.61 Å². The Morgan fingerprint density at radius 1 is 1.05 bits per heavy atom. The van der Waals surface area contributed by atoms with Gasteiger partial charge in [-0.3, -0.25) is 0 Å². The third-order valence-corrected chi connectivity index (χ3v) is 3.37. The van der Waals surface area contributed by atoms with Crippen LogP contribution in [0.5, 0.6) is 11.5 Å². The maximum atomic E-state index is 5.87. The SMILES string of the molecule is COc1cccc(OCc2cc(-c3ccc(Cl)cc3)no2)c1. The van der Waals surface area contributed by atoms with Crippen molar-refractivity contribution in [3.63, 3.8) is 0 Å². The van der Waals surface area contributed by atoms with E-state index in [1.807, 2.05) is 54.6 Å². The first kappa shape index (κ1) is 14.5. The fourth-order valence-corrected chi connectivity index (χ4v) is 2.11. The maximum absolute atomic E-state index is 5.87. The zero-order valence-corrected chi connectivity index (χ0v) is 12.7. The van der Waals surface area contributed by atoms with Crippen molar-refractivity contribution < 1.29 is 14.0 Å². The van der Waals surface area contributed by atoms with Crippen molar-refractivity contribution >= 4 is 11.6 Å². The van der Waals surface area contributed by atoms with Crippen molar-refractivity contribution in [2.24, 2.45) is 0 Å². The number of benzene rings is 2. The molecule has 4 nitrogen and oxygen atoms in total.